The molecule has 0 fully saturated rings. The fourth-order valence-corrected chi connectivity index (χ4v) is 7.93. The Morgan fingerprint density at radius 3 is 2.76 bits per heavy atom. The van der Waals surface area contributed by atoms with Gasteiger partial charge in [0, 0.05) is 24.1 Å². The average molecular weight is 498 g/mol. The normalized spacial score (nSPS) is 18.0. The van der Waals surface area contributed by atoms with Crippen LogP contribution in [0, 0.1) is 5.92 Å². The summed E-state index contributed by atoms with van der Waals surface area (Å²) in [6.07, 6.45) is 7.53. The Balaban J connectivity index is 1.74. The molecule has 0 saturated heterocycles. The number of anilines is 2. The van der Waals surface area contributed by atoms with E-state index in [1.807, 2.05) is 35.4 Å². The molecule has 1 unspecified atom stereocenters. The number of nitrogens with zero attached hydrogens (tertiary/aromatic N) is 5. The first-order valence-electron chi connectivity index (χ1n) is 11.6. The quantitative estimate of drug-likeness (QED) is 0.208. The minimum absolute atomic E-state index is 0.343. The molecule has 0 spiro atoms. The molecule has 1 aliphatic carbocycles. The van der Waals surface area contributed by atoms with Gasteiger partial charge in [-0.25, -0.2) is 15.0 Å². The highest BCUT2D eigenvalue weighted by Gasteiger charge is 2.41. The summed E-state index contributed by atoms with van der Waals surface area (Å²) in [7, 11) is 4.25. The molecule has 0 aromatic carbocycles. The standard InChI is InChI=1S/C25H31N5S3/c1-15(2)21-17-10-8-9-16(17)19-20-22(33-24(19)30(21)18-11-6-7-12-26-18)23(28-25(27-20)31-5)32-14-13-29(3)4/h6-7,11-12,15,21H,8-10,13-14H2,1-5H3. The summed E-state index contributed by atoms with van der Waals surface area (Å²) in [4.78, 5) is 19.6. The maximum absolute atomic E-state index is 5.09. The van der Waals surface area contributed by atoms with Crippen LogP contribution in [0.5, 0.6) is 0 Å². The van der Waals surface area contributed by atoms with E-state index in [2.05, 4.69) is 56.1 Å². The molecule has 5 nitrogen and oxygen atoms in total. The van der Waals surface area contributed by atoms with Gasteiger partial charge in [-0.2, -0.15) is 0 Å². The lowest BCUT2D eigenvalue weighted by Crippen LogP contribution is -2.39. The fraction of sp³-hybridized carbons (Fsp3) is 0.480. The Bertz CT molecular complexity index is 1190. The van der Waals surface area contributed by atoms with Gasteiger partial charge in [-0.1, -0.05) is 31.7 Å². The van der Waals surface area contributed by atoms with E-state index in [0.717, 1.165) is 40.2 Å². The second kappa shape index (κ2) is 9.56. The molecule has 5 rings (SSSR count). The minimum Gasteiger partial charge on any atom is -0.310 e. The molecule has 4 heterocycles. The molecule has 8 heteroatoms. The van der Waals surface area contributed by atoms with E-state index in [1.165, 1.54) is 33.7 Å². The molecule has 0 amide bonds. The third kappa shape index (κ3) is 4.20. The van der Waals surface area contributed by atoms with Crippen molar-refractivity contribution in [3.8, 4) is 0 Å². The van der Waals surface area contributed by atoms with Crippen molar-refractivity contribution in [1.82, 2.24) is 19.9 Å². The molecule has 33 heavy (non-hydrogen) atoms. The van der Waals surface area contributed by atoms with Crippen LogP contribution in [0.4, 0.5) is 10.8 Å². The van der Waals surface area contributed by atoms with Gasteiger partial charge in [-0.3, -0.25) is 0 Å². The molecule has 3 aromatic rings. The van der Waals surface area contributed by atoms with Crippen LogP contribution in [-0.4, -0.2) is 58.5 Å². The van der Waals surface area contributed by atoms with Gasteiger partial charge in [0.25, 0.3) is 0 Å². The molecule has 0 saturated carbocycles. The Morgan fingerprint density at radius 1 is 1.21 bits per heavy atom. The Hall–Kier alpha value is -1.61. The summed E-state index contributed by atoms with van der Waals surface area (Å²) in [5, 5.41) is 3.28. The Labute approximate surface area is 209 Å². The number of allylic oxidation sites excluding steroid dienone is 1. The van der Waals surface area contributed by atoms with Gasteiger partial charge >= 0.3 is 0 Å². The van der Waals surface area contributed by atoms with Crippen LogP contribution in [0.1, 0.15) is 38.7 Å². The summed E-state index contributed by atoms with van der Waals surface area (Å²) in [5.74, 6) is 2.54. The maximum Gasteiger partial charge on any atom is 0.189 e. The fourth-order valence-electron chi connectivity index (χ4n) is 4.98. The number of hydrogen-bond acceptors (Lipinski definition) is 8. The summed E-state index contributed by atoms with van der Waals surface area (Å²) in [5.41, 5.74) is 5.61. The lowest BCUT2D eigenvalue weighted by Gasteiger charge is -2.40. The van der Waals surface area contributed by atoms with Crippen molar-refractivity contribution < 1.29 is 0 Å². The van der Waals surface area contributed by atoms with Crippen LogP contribution >= 0.6 is 34.9 Å². The molecule has 0 bridgehead atoms. The second-order valence-electron chi connectivity index (χ2n) is 9.23. The first-order chi connectivity index (χ1) is 16.0. The SMILES string of the molecule is CSc1nc(SCCN(C)C)c2sc3c(c2n1)C1=C(CCC1)C(C(C)C)N3c1ccccn1. The molecule has 174 valence electrons. The minimum atomic E-state index is 0.343. The highest BCUT2D eigenvalue weighted by Crippen LogP contribution is 2.56. The molecule has 1 atom stereocenters. The van der Waals surface area contributed by atoms with Crippen LogP contribution in [0.15, 0.2) is 40.2 Å². The maximum atomic E-state index is 5.09. The number of hydrogen-bond donors (Lipinski definition) is 0. The van der Waals surface area contributed by atoms with Crippen LogP contribution < -0.4 is 4.90 Å². The van der Waals surface area contributed by atoms with Crippen LogP contribution in [0.3, 0.4) is 0 Å². The zero-order valence-corrected chi connectivity index (χ0v) is 22.4. The van der Waals surface area contributed by atoms with E-state index in [-0.39, 0.29) is 0 Å². The number of rotatable bonds is 7. The van der Waals surface area contributed by atoms with Gasteiger partial charge in [0.2, 0.25) is 0 Å². The van der Waals surface area contributed by atoms with E-state index < -0.39 is 0 Å². The lowest BCUT2D eigenvalue weighted by molar-refractivity contribution is 0.437. The third-order valence-electron chi connectivity index (χ3n) is 6.37. The predicted octanol–water partition coefficient (Wildman–Crippen LogP) is 6.58. The van der Waals surface area contributed by atoms with Gasteiger partial charge in [0.1, 0.15) is 15.8 Å². The smallest absolute Gasteiger partial charge is 0.189 e. The van der Waals surface area contributed by atoms with Crippen LogP contribution in [0.25, 0.3) is 15.8 Å². The van der Waals surface area contributed by atoms with Gasteiger partial charge in [-0.15, -0.1) is 23.1 Å². The summed E-state index contributed by atoms with van der Waals surface area (Å²) in [6, 6.07) is 6.59. The number of thiophene rings is 1. The number of pyridine rings is 1. The van der Waals surface area contributed by atoms with Gasteiger partial charge in [0.05, 0.1) is 16.3 Å². The van der Waals surface area contributed by atoms with E-state index in [9.17, 15) is 0 Å². The van der Waals surface area contributed by atoms with Crippen molar-refractivity contribution in [3.63, 3.8) is 0 Å². The average Bonchev–Trinajstić information content (AvgIpc) is 3.42. The number of thioether (sulfide) groups is 2. The Morgan fingerprint density at radius 2 is 2.06 bits per heavy atom. The molecular weight excluding hydrogens is 467 g/mol. The van der Waals surface area contributed by atoms with Crippen molar-refractivity contribution in [2.75, 3.05) is 37.5 Å². The van der Waals surface area contributed by atoms with Gasteiger partial charge in [0.15, 0.2) is 5.16 Å². The highest BCUT2D eigenvalue weighted by atomic mass is 32.2. The summed E-state index contributed by atoms with van der Waals surface area (Å²) >= 11 is 5.35. The molecule has 2 aliphatic rings. The number of aromatic nitrogens is 3. The largest absolute Gasteiger partial charge is 0.310 e. The summed E-state index contributed by atoms with van der Waals surface area (Å²) in [6.45, 7) is 5.71. The monoisotopic (exact) mass is 497 g/mol. The van der Waals surface area contributed by atoms with Crippen LogP contribution in [-0.2, 0) is 0 Å². The van der Waals surface area contributed by atoms with Crippen molar-refractivity contribution in [1.29, 1.82) is 0 Å². The van der Waals surface area contributed by atoms with Crippen molar-refractivity contribution >= 4 is 61.5 Å². The molecule has 1 aliphatic heterocycles. The van der Waals surface area contributed by atoms with Crippen molar-refractivity contribution in [3.05, 3.63) is 35.5 Å². The molecule has 3 aromatic heterocycles. The van der Waals surface area contributed by atoms with Gasteiger partial charge in [-0.05, 0) is 68.8 Å². The topological polar surface area (TPSA) is 45.2 Å². The van der Waals surface area contributed by atoms with Crippen molar-refractivity contribution in [2.45, 2.75) is 49.3 Å². The first kappa shape index (κ1) is 23.1. The predicted molar refractivity (Wildman–Crippen MR) is 144 cm³/mol. The zero-order chi connectivity index (χ0) is 23.1. The van der Waals surface area contributed by atoms with E-state index >= 15 is 0 Å². The van der Waals surface area contributed by atoms with Crippen LogP contribution in [0.2, 0.25) is 0 Å². The lowest BCUT2D eigenvalue weighted by atomic mass is 9.86. The summed E-state index contributed by atoms with van der Waals surface area (Å²) < 4.78 is 1.23. The first-order valence-corrected chi connectivity index (χ1v) is 14.6. The van der Waals surface area contributed by atoms with Gasteiger partial charge < -0.3 is 9.80 Å². The highest BCUT2D eigenvalue weighted by molar-refractivity contribution is 7.99. The molecular formula is C25H31N5S3. The van der Waals surface area contributed by atoms with E-state index in [0.29, 0.717) is 12.0 Å². The second-order valence-corrected chi connectivity index (χ2v) is 12.1. The molecule has 0 N–H and O–H groups in total. The van der Waals surface area contributed by atoms with E-state index in [1.54, 1.807) is 17.3 Å². The molecule has 0 radical (unpaired) electrons. The van der Waals surface area contributed by atoms with Crippen molar-refractivity contribution in [2.24, 2.45) is 5.92 Å². The number of fused-ring (bicyclic) bond motifs is 4. The Kier molecular flexibility index (Phi) is 6.71. The van der Waals surface area contributed by atoms with E-state index in [4.69, 9.17) is 15.0 Å². The third-order valence-corrected chi connectivity index (χ3v) is 9.18. The zero-order valence-electron chi connectivity index (χ0n) is 20.0.